The summed E-state index contributed by atoms with van der Waals surface area (Å²) < 4.78 is 30.3. The Morgan fingerprint density at radius 3 is 2.33 bits per heavy atom. The zero-order valence-corrected chi connectivity index (χ0v) is 15.7. The average molecular weight is 356 g/mol. The molecule has 0 bridgehead atoms. The van der Waals surface area contributed by atoms with Crippen LogP contribution in [0.4, 0.5) is 0 Å². The first-order valence-electron chi connectivity index (χ1n) is 8.07. The summed E-state index contributed by atoms with van der Waals surface area (Å²) >= 11 is 0. The van der Waals surface area contributed by atoms with Gasteiger partial charge >= 0.3 is 0 Å². The van der Waals surface area contributed by atoms with Crippen LogP contribution >= 0.6 is 0 Å². The minimum atomic E-state index is -3.35. The van der Waals surface area contributed by atoms with Crippen LogP contribution in [-0.4, -0.2) is 51.6 Å². The normalized spacial score (nSPS) is 11.8. The van der Waals surface area contributed by atoms with Gasteiger partial charge in [0, 0.05) is 26.1 Å². The summed E-state index contributed by atoms with van der Waals surface area (Å²) in [6, 6.07) is 7.52. The van der Waals surface area contributed by atoms with Crippen LogP contribution < -0.4 is 10.1 Å². The van der Waals surface area contributed by atoms with Gasteiger partial charge in [-0.25, -0.2) is 12.7 Å². The summed E-state index contributed by atoms with van der Waals surface area (Å²) in [5, 5.41) is 2.80. The van der Waals surface area contributed by atoms with Crippen molar-refractivity contribution >= 4 is 15.9 Å². The lowest BCUT2D eigenvalue weighted by Gasteiger charge is -2.20. The van der Waals surface area contributed by atoms with Gasteiger partial charge in [-0.05, 0) is 30.0 Å². The molecule has 0 unspecified atom stereocenters. The van der Waals surface area contributed by atoms with Crippen LogP contribution in [0.25, 0.3) is 0 Å². The van der Waals surface area contributed by atoms with E-state index < -0.39 is 10.0 Å². The number of benzene rings is 1. The Balaban J connectivity index is 2.55. The van der Waals surface area contributed by atoms with Crippen LogP contribution in [0.15, 0.2) is 24.3 Å². The van der Waals surface area contributed by atoms with E-state index in [9.17, 15) is 13.2 Å². The van der Waals surface area contributed by atoms with E-state index in [1.807, 2.05) is 38.1 Å². The molecule has 0 heterocycles. The third kappa shape index (κ3) is 7.79. The van der Waals surface area contributed by atoms with Crippen LogP contribution in [0, 0.1) is 5.92 Å². The van der Waals surface area contributed by atoms with Crippen LogP contribution in [0.5, 0.6) is 5.75 Å². The van der Waals surface area contributed by atoms with Gasteiger partial charge in [-0.3, -0.25) is 4.79 Å². The molecule has 0 aliphatic carbocycles. The van der Waals surface area contributed by atoms with E-state index in [-0.39, 0.29) is 18.9 Å². The van der Waals surface area contributed by atoms with Crippen molar-refractivity contribution in [1.29, 1.82) is 0 Å². The average Bonchev–Trinajstić information content (AvgIpc) is 2.52. The van der Waals surface area contributed by atoms with Crippen LogP contribution in [0.3, 0.4) is 0 Å². The van der Waals surface area contributed by atoms with E-state index in [4.69, 9.17) is 4.74 Å². The highest BCUT2D eigenvalue weighted by molar-refractivity contribution is 7.88. The number of carbonyl (C=O) groups excluding carboxylic acids is 1. The van der Waals surface area contributed by atoms with E-state index >= 15 is 0 Å². The number of ether oxygens (including phenoxy) is 1. The number of methoxy groups -OCH3 is 1. The molecular weight excluding hydrogens is 328 g/mol. The molecule has 0 saturated carbocycles. The fraction of sp³-hybridized carbons (Fsp3) is 0.588. The molecule has 1 amide bonds. The first kappa shape index (κ1) is 20.4. The molecule has 0 aliphatic heterocycles. The maximum absolute atomic E-state index is 11.9. The van der Waals surface area contributed by atoms with Gasteiger partial charge in [0.25, 0.3) is 0 Å². The SMILES string of the molecule is COc1ccc(CCN(CCC(=O)NCC(C)C)S(C)(=O)=O)cc1. The summed E-state index contributed by atoms with van der Waals surface area (Å²) in [4.78, 5) is 11.8. The zero-order valence-electron chi connectivity index (χ0n) is 14.9. The van der Waals surface area contributed by atoms with E-state index in [2.05, 4.69) is 5.32 Å². The van der Waals surface area contributed by atoms with Gasteiger partial charge in [0.1, 0.15) is 5.75 Å². The van der Waals surface area contributed by atoms with E-state index in [0.29, 0.717) is 25.4 Å². The lowest BCUT2D eigenvalue weighted by molar-refractivity contribution is -0.121. The molecule has 1 aromatic rings. The summed E-state index contributed by atoms with van der Waals surface area (Å²) in [5.41, 5.74) is 1.02. The highest BCUT2D eigenvalue weighted by Crippen LogP contribution is 2.12. The Kier molecular flexibility index (Phi) is 8.21. The van der Waals surface area contributed by atoms with Crippen molar-refractivity contribution in [1.82, 2.24) is 9.62 Å². The largest absolute Gasteiger partial charge is 0.497 e. The Bertz CT molecular complexity index is 612. The number of hydrogen-bond acceptors (Lipinski definition) is 4. The van der Waals surface area contributed by atoms with Crippen molar-refractivity contribution in [2.24, 2.45) is 5.92 Å². The standard InChI is InChI=1S/C17H28N2O4S/c1-14(2)13-18-17(20)10-12-19(24(4,21)22)11-9-15-5-7-16(23-3)8-6-15/h5-8,14H,9-13H2,1-4H3,(H,18,20). The van der Waals surface area contributed by atoms with Crippen molar-refractivity contribution in [2.75, 3.05) is 33.0 Å². The van der Waals surface area contributed by atoms with Crippen LogP contribution in [0.2, 0.25) is 0 Å². The number of amides is 1. The minimum absolute atomic E-state index is 0.123. The Labute approximate surface area is 145 Å². The Morgan fingerprint density at radius 1 is 1.21 bits per heavy atom. The molecule has 1 rings (SSSR count). The molecular formula is C17H28N2O4S. The molecule has 1 N–H and O–H groups in total. The van der Waals surface area contributed by atoms with Crippen molar-refractivity contribution < 1.29 is 17.9 Å². The smallest absolute Gasteiger partial charge is 0.221 e. The molecule has 0 aromatic heterocycles. The number of sulfonamides is 1. The van der Waals surface area contributed by atoms with Crippen molar-refractivity contribution in [2.45, 2.75) is 26.7 Å². The molecule has 136 valence electrons. The third-order valence-corrected chi connectivity index (χ3v) is 4.88. The molecule has 0 spiro atoms. The van der Waals surface area contributed by atoms with Gasteiger partial charge in [-0.2, -0.15) is 0 Å². The summed E-state index contributed by atoms with van der Waals surface area (Å²) in [6.45, 7) is 5.17. The van der Waals surface area contributed by atoms with Gasteiger partial charge in [0.15, 0.2) is 0 Å². The minimum Gasteiger partial charge on any atom is -0.497 e. The third-order valence-electron chi connectivity index (χ3n) is 3.57. The van der Waals surface area contributed by atoms with Gasteiger partial charge in [-0.1, -0.05) is 26.0 Å². The molecule has 6 nitrogen and oxygen atoms in total. The van der Waals surface area contributed by atoms with E-state index in [1.54, 1.807) is 7.11 Å². The van der Waals surface area contributed by atoms with Gasteiger partial charge in [0.05, 0.1) is 13.4 Å². The quantitative estimate of drug-likeness (QED) is 0.692. The van der Waals surface area contributed by atoms with Crippen molar-refractivity contribution in [3.8, 4) is 5.75 Å². The zero-order chi connectivity index (χ0) is 18.2. The molecule has 7 heteroatoms. The number of nitrogens with zero attached hydrogens (tertiary/aromatic N) is 1. The van der Waals surface area contributed by atoms with Crippen molar-refractivity contribution in [3.05, 3.63) is 29.8 Å². The predicted octanol–water partition coefficient (Wildman–Crippen LogP) is 1.66. The number of hydrogen-bond donors (Lipinski definition) is 1. The fourth-order valence-corrected chi connectivity index (χ4v) is 2.97. The molecule has 0 atom stereocenters. The first-order valence-corrected chi connectivity index (χ1v) is 9.92. The maximum Gasteiger partial charge on any atom is 0.221 e. The second-order valence-corrected chi connectivity index (χ2v) is 8.19. The number of carbonyl (C=O) groups is 1. The maximum atomic E-state index is 11.9. The predicted molar refractivity (Wildman–Crippen MR) is 95.6 cm³/mol. The lowest BCUT2D eigenvalue weighted by Crippen LogP contribution is -2.36. The van der Waals surface area contributed by atoms with Crippen LogP contribution in [-0.2, 0) is 21.2 Å². The Hall–Kier alpha value is -1.60. The second-order valence-electron chi connectivity index (χ2n) is 6.21. The summed E-state index contributed by atoms with van der Waals surface area (Å²) in [6.07, 6.45) is 1.93. The molecule has 1 aromatic carbocycles. The number of rotatable bonds is 10. The second kappa shape index (κ2) is 9.64. The van der Waals surface area contributed by atoms with Gasteiger partial charge < -0.3 is 10.1 Å². The van der Waals surface area contributed by atoms with Gasteiger partial charge in [0.2, 0.25) is 15.9 Å². The molecule has 0 radical (unpaired) electrons. The topological polar surface area (TPSA) is 75.7 Å². The summed E-state index contributed by atoms with van der Waals surface area (Å²) in [5.74, 6) is 1.01. The van der Waals surface area contributed by atoms with Gasteiger partial charge in [-0.15, -0.1) is 0 Å². The molecule has 24 heavy (non-hydrogen) atoms. The molecule has 0 fully saturated rings. The highest BCUT2D eigenvalue weighted by atomic mass is 32.2. The van der Waals surface area contributed by atoms with E-state index in [0.717, 1.165) is 11.3 Å². The van der Waals surface area contributed by atoms with Crippen molar-refractivity contribution in [3.63, 3.8) is 0 Å². The number of nitrogens with one attached hydrogen (secondary N) is 1. The Morgan fingerprint density at radius 2 is 1.83 bits per heavy atom. The van der Waals surface area contributed by atoms with Crippen LogP contribution in [0.1, 0.15) is 25.8 Å². The summed E-state index contributed by atoms with van der Waals surface area (Å²) in [7, 11) is -1.74. The molecule has 0 saturated heterocycles. The van der Waals surface area contributed by atoms with E-state index in [1.165, 1.54) is 10.6 Å². The lowest BCUT2D eigenvalue weighted by atomic mass is 10.1. The highest BCUT2D eigenvalue weighted by Gasteiger charge is 2.17. The fourth-order valence-electron chi connectivity index (χ4n) is 2.12. The monoisotopic (exact) mass is 356 g/mol. The molecule has 0 aliphatic rings. The first-order chi connectivity index (χ1) is 11.2.